The van der Waals surface area contributed by atoms with Gasteiger partial charge in [-0.3, -0.25) is 4.98 Å². The maximum Gasteiger partial charge on any atom is 0.227 e. The summed E-state index contributed by atoms with van der Waals surface area (Å²) in [7, 11) is 0. The number of piperidine rings is 1. The molecule has 2 saturated heterocycles. The van der Waals surface area contributed by atoms with E-state index in [1.807, 2.05) is 24.4 Å². The Morgan fingerprint density at radius 1 is 1.04 bits per heavy atom. The van der Waals surface area contributed by atoms with Crippen LogP contribution in [0, 0.1) is 5.92 Å². The van der Waals surface area contributed by atoms with Crippen molar-refractivity contribution in [3.63, 3.8) is 0 Å². The molecule has 4 heterocycles. The molecule has 2 aromatic heterocycles. The van der Waals surface area contributed by atoms with Crippen molar-refractivity contribution in [3.05, 3.63) is 41.9 Å². The molecule has 0 aliphatic carbocycles. The van der Waals surface area contributed by atoms with E-state index in [1.54, 1.807) is 0 Å². The quantitative estimate of drug-likeness (QED) is 0.876. The molecule has 2 aliphatic heterocycles. The summed E-state index contributed by atoms with van der Waals surface area (Å²) in [6.07, 6.45) is 6.87. The molecule has 1 N–H and O–H groups in total. The van der Waals surface area contributed by atoms with E-state index in [2.05, 4.69) is 27.8 Å². The fourth-order valence-corrected chi connectivity index (χ4v) is 4.08. The van der Waals surface area contributed by atoms with Gasteiger partial charge in [0.05, 0.1) is 6.10 Å². The molecule has 144 valence electrons. The number of pyridine rings is 1. The van der Waals surface area contributed by atoms with E-state index in [0.29, 0.717) is 6.54 Å². The summed E-state index contributed by atoms with van der Waals surface area (Å²) in [5.74, 6) is 1.98. The summed E-state index contributed by atoms with van der Waals surface area (Å²) in [5, 5.41) is 10.6. The van der Waals surface area contributed by atoms with E-state index >= 15 is 0 Å². The largest absolute Gasteiger partial charge is 0.391 e. The molecule has 4 rings (SSSR count). The number of β-amino-alcohol motifs (C(OH)–C–C–N with tert-alkyl or cyclic N) is 1. The molecule has 27 heavy (non-hydrogen) atoms. The molecule has 0 saturated carbocycles. The molecule has 2 aromatic rings. The minimum absolute atomic E-state index is 0.179. The molecule has 2 atom stereocenters. The van der Waals surface area contributed by atoms with Gasteiger partial charge in [0.1, 0.15) is 5.82 Å². The minimum Gasteiger partial charge on any atom is -0.391 e. The van der Waals surface area contributed by atoms with Gasteiger partial charge in [-0.2, -0.15) is 4.98 Å². The van der Waals surface area contributed by atoms with E-state index in [4.69, 9.17) is 9.97 Å². The fraction of sp³-hybridized carbons (Fsp3) is 0.571. The standard InChI is InChI=1S/C21H29N5O/c1-2-17-13-20(24-21(23-17)25-10-6-3-7-11-25)26-14-16(19(27)15-26)12-18-8-4-5-9-22-18/h4-5,8-9,13,16,19,27H,2-3,6-7,10-12,14-15H2,1H3. The van der Waals surface area contributed by atoms with Gasteiger partial charge >= 0.3 is 0 Å². The summed E-state index contributed by atoms with van der Waals surface area (Å²) in [5.41, 5.74) is 2.11. The summed E-state index contributed by atoms with van der Waals surface area (Å²) in [6.45, 7) is 5.64. The number of anilines is 2. The van der Waals surface area contributed by atoms with E-state index in [1.165, 1.54) is 19.3 Å². The predicted molar refractivity (Wildman–Crippen MR) is 107 cm³/mol. The van der Waals surface area contributed by atoms with Crippen LogP contribution in [0.5, 0.6) is 0 Å². The Labute approximate surface area is 161 Å². The molecule has 0 bridgehead atoms. The van der Waals surface area contributed by atoms with Crippen LogP contribution in [0.25, 0.3) is 0 Å². The highest BCUT2D eigenvalue weighted by atomic mass is 16.3. The molecule has 0 aromatic carbocycles. The van der Waals surface area contributed by atoms with Gasteiger partial charge in [0, 0.05) is 55.7 Å². The summed E-state index contributed by atoms with van der Waals surface area (Å²) in [4.78, 5) is 18.6. The van der Waals surface area contributed by atoms with Crippen molar-refractivity contribution < 1.29 is 5.11 Å². The Balaban J connectivity index is 1.52. The lowest BCUT2D eigenvalue weighted by atomic mass is 10.00. The second-order valence-corrected chi connectivity index (χ2v) is 7.68. The van der Waals surface area contributed by atoms with Crippen LogP contribution in [0.3, 0.4) is 0 Å². The zero-order valence-corrected chi connectivity index (χ0v) is 16.1. The normalized spacial score (nSPS) is 23.0. The van der Waals surface area contributed by atoms with Crippen molar-refractivity contribution in [1.82, 2.24) is 15.0 Å². The van der Waals surface area contributed by atoms with Gasteiger partial charge in [-0.25, -0.2) is 4.98 Å². The lowest BCUT2D eigenvalue weighted by molar-refractivity contribution is 0.148. The first-order chi connectivity index (χ1) is 13.2. The third-order valence-electron chi connectivity index (χ3n) is 5.68. The summed E-state index contributed by atoms with van der Waals surface area (Å²) in [6, 6.07) is 8.05. The van der Waals surface area contributed by atoms with Crippen LogP contribution in [-0.2, 0) is 12.8 Å². The molecule has 2 aliphatic rings. The van der Waals surface area contributed by atoms with E-state index < -0.39 is 0 Å². The second kappa shape index (κ2) is 8.21. The fourth-order valence-electron chi connectivity index (χ4n) is 4.08. The smallest absolute Gasteiger partial charge is 0.227 e. The first kappa shape index (κ1) is 18.2. The summed E-state index contributed by atoms with van der Waals surface area (Å²) >= 11 is 0. The Morgan fingerprint density at radius 2 is 1.89 bits per heavy atom. The highest BCUT2D eigenvalue weighted by Crippen LogP contribution is 2.27. The Bertz CT molecular complexity index is 747. The lowest BCUT2D eigenvalue weighted by Crippen LogP contribution is -2.32. The molecule has 2 unspecified atom stereocenters. The zero-order valence-electron chi connectivity index (χ0n) is 16.1. The Kier molecular flexibility index (Phi) is 5.53. The van der Waals surface area contributed by atoms with Crippen LogP contribution in [0.1, 0.15) is 37.6 Å². The van der Waals surface area contributed by atoms with E-state index in [0.717, 1.165) is 55.6 Å². The van der Waals surface area contributed by atoms with Crippen molar-refractivity contribution in [2.45, 2.75) is 45.1 Å². The number of nitrogens with zero attached hydrogens (tertiary/aromatic N) is 5. The lowest BCUT2D eigenvalue weighted by Gasteiger charge is -2.28. The number of rotatable bonds is 5. The average molecular weight is 367 g/mol. The minimum atomic E-state index is -0.356. The van der Waals surface area contributed by atoms with Crippen molar-refractivity contribution >= 4 is 11.8 Å². The highest BCUT2D eigenvalue weighted by Gasteiger charge is 2.33. The first-order valence-electron chi connectivity index (χ1n) is 10.2. The molecule has 6 heteroatoms. The number of aliphatic hydroxyl groups is 1. The molecule has 0 amide bonds. The van der Waals surface area contributed by atoms with Crippen molar-refractivity contribution in [2.24, 2.45) is 5.92 Å². The summed E-state index contributed by atoms with van der Waals surface area (Å²) < 4.78 is 0. The van der Waals surface area contributed by atoms with Crippen LogP contribution in [0.4, 0.5) is 11.8 Å². The maximum atomic E-state index is 10.6. The van der Waals surface area contributed by atoms with E-state index in [-0.39, 0.29) is 12.0 Å². The Hall–Kier alpha value is -2.21. The third kappa shape index (κ3) is 4.21. The van der Waals surface area contributed by atoms with E-state index in [9.17, 15) is 5.11 Å². The van der Waals surface area contributed by atoms with Crippen LogP contribution in [0.15, 0.2) is 30.5 Å². The van der Waals surface area contributed by atoms with Crippen LogP contribution in [-0.4, -0.2) is 52.3 Å². The molecule has 0 radical (unpaired) electrons. The van der Waals surface area contributed by atoms with Gasteiger partial charge in [-0.05, 0) is 44.2 Å². The number of aliphatic hydroxyl groups excluding tert-OH is 1. The molecule has 2 fully saturated rings. The van der Waals surface area contributed by atoms with Gasteiger partial charge in [-0.1, -0.05) is 13.0 Å². The van der Waals surface area contributed by atoms with Gasteiger partial charge in [0.2, 0.25) is 5.95 Å². The zero-order chi connectivity index (χ0) is 18.6. The van der Waals surface area contributed by atoms with Gasteiger partial charge in [0.15, 0.2) is 0 Å². The van der Waals surface area contributed by atoms with Crippen molar-refractivity contribution in [2.75, 3.05) is 36.0 Å². The van der Waals surface area contributed by atoms with Crippen LogP contribution in [0.2, 0.25) is 0 Å². The van der Waals surface area contributed by atoms with Gasteiger partial charge in [-0.15, -0.1) is 0 Å². The SMILES string of the molecule is CCc1cc(N2CC(O)C(Cc3ccccn3)C2)nc(N2CCCCC2)n1. The molecule has 6 nitrogen and oxygen atoms in total. The predicted octanol–water partition coefficient (Wildman–Crippen LogP) is 2.46. The molecular formula is C21H29N5O. The number of aryl methyl sites for hydroxylation is 1. The van der Waals surface area contributed by atoms with Gasteiger partial charge in [0.25, 0.3) is 0 Å². The van der Waals surface area contributed by atoms with Gasteiger partial charge < -0.3 is 14.9 Å². The van der Waals surface area contributed by atoms with Crippen molar-refractivity contribution in [1.29, 1.82) is 0 Å². The average Bonchev–Trinajstić information content (AvgIpc) is 3.09. The Morgan fingerprint density at radius 3 is 2.63 bits per heavy atom. The number of hydrogen-bond donors (Lipinski definition) is 1. The van der Waals surface area contributed by atoms with Crippen LogP contribution < -0.4 is 9.80 Å². The second-order valence-electron chi connectivity index (χ2n) is 7.68. The van der Waals surface area contributed by atoms with Crippen molar-refractivity contribution in [3.8, 4) is 0 Å². The molecule has 0 spiro atoms. The number of aromatic nitrogens is 3. The number of hydrogen-bond acceptors (Lipinski definition) is 6. The highest BCUT2D eigenvalue weighted by molar-refractivity contribution is 5.47. The van der Waals surface area contributed by atoms with Crippen LogP contribution >= 0.6 is 0 Å². The first-order valence-corrected chi connectivity index (χ1v) is 10.2. The maximum absolute atomic E-state index is 10.6. The third-order valence-corrected chi connectivity index (χ3v) is 5.68. The molecular weight excluding hydrogens is 338 g/mol. The monoisotopic (exact) mass is 367 g/mol. The topological polar surface area (TPSA) is 65.4 Å².